The van der Waals surface area contributed by atoms with E-state index in [9.17, 15) is 0 Å². The van der Waals surface area contributed by atoms with E-state index in [-0.39, 0.29) is 21.9 Å². The molecule has 88 valence electrons. The van der Waals surface area contributed by atoms with E-state index in [4.69, 9.17) is 27.9 Å². The lowest BCUT2D eigenvalue weighted by Crippen LogP contribution is -2.19. The lowest BCUT2D eigenvalue weighted by molar-refractivity contribution is 0.542. The molecule has 0 aliphatic rings. The van der Waals surface area contributed by atoms with Gasteiger partial charge in [0.2, 0.25) is 0 Å². The number of rotatable bonds is 1. The molecule has 1 rings (SSSR count). The van der Waals surface area contributed by atoms with E-state index < -0.39 is 5.92 Å². The second-order valence-corrected chi connectivity index (χ2v) is 4.95. The molecule has 0 atom stereocenters. The van der Waals surface area contributed by atoms with Crippen LogP contribution in [0.3, 0.4) is 0 Å². The summed E-state index contributed by atoms with van der Waals surface area (Å²) in [5.74, 6) is -0.476. The largest absolute Gasteiger partial charge is 0.382 e. The van der Waals surface area contributed by atoms with E-state index >= 15 is 0 Å². The van der Waals surface area contributed by atoms with Crippen LogP contribution in [0.1, 0.15) is 38.2 Å². The molecule has 0 fully saturated rings. The van der Waals surface area contributed by atoms with E-state index in [0.29, 0.717) is 5.82 Å². The lowest BCUT2D eigenvalue weighted by atomic mass is 9.95. The Hall–Kier alpha value is -1.85. The summed E-state index contributed by atoms with van der Waals surface area (Å²) < 4.78 is 0. The van der Waals surface area contributed by atoms with Gasteiger partial charge in [0.15, 0.2) is 5.92 Å². The van der Waals surface area contributed by atoms with Gasteiger partial charge in [0.1, 0.15) is 16.7 Å². The summed E-state index contributed by atoms with van der Waals surface area (Å²) in [6.07, 6.45) is 0. The van der Waals surface area contributed by atoms with Crippen LogP contribution < -0.4 is 5.73 Å². The lowest BCUT2D eigenvalue weighted by Gasteiger charge is -2.18. The van der Waals surface area contributed by atoms with Crippen molar-refractivity contribution in [3.05, 3.63) is 16.5 Å². The van der Waals surface area contributed by atoms with Crippen molar-refractivity contribution in [1.82, 2.24) is 9.97 Å². The van der Waals surface area contributed by atoms with Crippen LogP contribution in [0.25, 0.3) is 0 Å². The topological polar surface area (TPSA) is 99.4 Å². The standard InChI is InChI=1S/C11H12ClN5/c1-11(2,3)10-16-8(6(4-13)5-14)7(12)9(15)17-10/h6H,1-3H3,(H2,15,16,17). The molecule has 0 spiro atoms. The molecular formula is C11H12ClN5. The molecule has 0 radical (unpaired) electrons. The van der Waals surface area contributed by atoms with Gasteiger partial charge in [-0.3, -0.25) is 0 Å². The smallest absolute Gasteiger partial charge is 0.176 e. The number of nitriles is 2. The minimum absolute atomic E-state index is 0.0751. The molecule has 0 aliphatic heterocycles. The van der Waals surface area contributed by atoms with Crippen LogP contribution in [0.5, 0.6) is 0 Å². The maximum absolute atomic E-state index is 8.86. The Morgan fingerprint density at radius 2 is 1.76 bits per heavy atom. The van der Waals surface area contributed by atoms with Crippen molar-refractivity contribution in [3.63, 3.8) is 0 Å². The number of nitrogen functional groups attached to an aromatic ring is 1. The quantitative estimate of drug-likeness (QED) is 0.822. The fourth-order valence-electron chi connectivity index (χ4n) is 1.16. The molecule has 6 heteroatoms. The molecule has 0 saturated carbocycles. The highest BCUT2D eigenvalue weighted by molar-refractivity contribution is 6.33. The zero-order valence-electron chi connectivity index (χ0n) is 9.82. The van der Waals surface area contributed by atoms with Crippen molar-refractivity contribution >= 4 is 17.4 Å². The van der Waals surface area contributed by atoms with Gasteiger partial charge < -0.3 is 5.73 Å². The number of nitrogens with zero attached hydrogens (tertiary/aromatic N) is 4. The predicted molar refractivity (Wildman–Crippen MR) is 64.1 cm³/mol. The van der Waals surface area contributed by atoms with Crippen LogP contribution in [0.4, 0.5) is 5.82 Å². The molecule has 0 unspecified atom stereocenters. The number of hydrogen-bond acceptors (Lipinski definition) is 5. The molecule has 0 bridgehead atoms. The van der Waals surface area contributed by atoms with Crippen molar-refractivity contribution in [3.8, 4) is 12.1 Å². The van der Waals surface area contributed by atoms with Crippen LogP contribution in [0.2, 0.25) is 5.02 Å². The van der Waals surface area contributed by atoms with E-state index in [0.717, 1.165) is 0 Å². The summed E-state index contributed by atoms with van der Waals surface area (Å²) in [5, 5.41) is 17.8. The van der Waals surface area contributed by atoms with Crippen molar-refractivity contribution in [1.29, 1.82) is 10.5 Å². The van der Waals surface area contributed by atoms with Gasteiger partial charge in [0, 0.05) is 5.41 Å². The Kier molecular flexibility index (Phi) is 3.55. The highest BCUT2D eigenvalue weighted by atomic mass is 35.5. The minimum atomic E-state index is -1.03. The first-order valence-corrected chi connectivity index (χ1v) is 5.31. The summed E-state index contributed by atoms with van der Waals surface area (Å²) in [5.41, 5.74) is 5.51. The molecular weight excluding hydrogens is 238 g/mol. The van der Waals surface area contributed by atoms with Crippen molar-refractivity contribution < 1.29 is 0 Å². The predicted octanol–water partition coefficient (Wildman–Crippen LogP) is 2.14. The highest BCUT2D eigenvalue weighted by Gasteiger charge is 2.24. The molecule has 0 aliphatic carbocycles. The van der Waals surface area contributed by atoms with E-state index in [1.54, 1.807) is 0 Å². The van der Waals surface area contributed by atoms with Crippen LogP contribution >= 0.6 is 11.6 Å². The molecule has 1 aromatic heterocycles. The van der Waals surface area contributed by atoms with Crippen molar-refractivity contribution in [2.45, 2.75) is 32.1 Å². The fourth-order valence-corrected chi connectivity index (χ4v) is 1.35. The number of aromatic nitrogens is 2. The first-order valence-electron chi connectivity index (χ1n) is 4.94. The van der Waals surface area contributed by atoms with E-state index in [2.05, 4.69) is 9.97 Å². The highest BCUT2D eigenvalue weighted by Crippen LogP contribution is 2.29. The Morgan fingerprint density at radius 3 is 2.18 bits per heavy atom. The van der Waals surface area contributed by atoms with Gasteiger partial charge in [0.05, 0.1) is 17.8 Å². The zero-order chi connectivity index (χ0) is 13.2. The molecule has 17 heavy (non-hydrogen) atoms. The average Bonchev–Trinajstić information content (AvgIpc) is 2.24. The molecule has 1 aromatic rings. The molecule has 0 amide bonds. The summed E-state index contributed by atoms with van der Waals surface area (Å²) in [4.78, 5) is 8.25. The minimum Gasteiger partial charge on any atom is -0.382 e. The third-order valence-corrected chi connectivity index (χ3v) is 2.49. The number of hydrogen-bond donors (Lipinski definition) is 1. The first kappa shape index (κ1) is 13.2. The molecule has 1 heterocycles. The Morgan fingerprint density at radius 1 is 1.24 bits per heavy atom. The molecule has 0 saturated heterocycles. The van der Waals surface area contributed by atoms with Crippen molar-refractivity contribution in [2.75, 3.05) is 5.73 Å². The van der Waals surface area contributed by atoms with Crippen LogP contribution in [-0.2, 0) is 5.41 Å². The number of halogens is 1. The average molecular weight is 250 g/mol. The van der Waals surface area contributed by atoms with Gasteiger partial charge in [-0.2, -0.15) is 10.5 Å². The SMILES string of the molecule is CC(C)(C)c1nc(N)c(Cl)c(C(C#N)C#N)n1. The fraction of sp³-hybridized carbons (Fsp3) is 0.455. The monoisotopic (exact) mass is 249 g/mol. The summed E-state index contributed by atoms with van der Waals surface area (Å²) in [6, 6.07) is 3.65. The Bertz CT molecular complexity index is 504. The van der Waals surface area contributed by atoms with Crippen molar-refractivity contribution in [2.24, 2.45) is 0 Å². The Balaban J connectivity index is 3.48. The van der Waals surface area contributed by atoms with Gasteiger partial charge in [-0.05, 0) is 0 Å². The summed E-state index contributed by atoms with van der Waals surface area (Å²) >= 11 is 5.92. The van der Waals surface area contributed by atoms with Crippen LogP contribution in [-0.4, -0.2) is 9.97 Å². The first-order chi connectivity index (χ1) is 7.81. The molecule has 0 aromatic carbocycles. The van der Waals surface area contributed by atoms with Crippen LogP contribution in [0, 0.1) is 22.7 Å². The van der Waals surface area contributed by atoms with E-state index in [1.807, 2.05) is 32.9 Å². The van der Waals surface area contributed by atoms with Gasteiger partial charge in [-0.1, -0.05) is 32.4 Å². The summed E-state index contributed by atoms with van der Waals surface area (Å²) in [7, 11) is 0. The van der Waals surface area contributed by atoms with Gasteiger partial charge in [-0.25, -0.2) is 9.97 Å². The Labute approximate surface area is 105 Å². The maximum atomic E-state index is 8.86. The van der Waals surface area contributed by atoms with Gasteiger partial charge in [-0.15, -0.1) is 0 Å². The summed E-state index contributed by atoms with van der Waals surface area (Å²) in [6.45, 7) is 5.73. The van der Waals surface area contributed by atoms with Gasteiger partial charge in [0.25, 0.3) is 0 Å². The van der Waals surface area contributed by atoms with Gasteiger partial charge >= 0.3 is 0 Å². The zero-order valence-corrected chi connectivity index (χ0v) is 10.6. The van der Waals surface area contributed by atoms with E-state index in [1.165, 1.54) is 0 Å². The second-order valence-electron chi connectivity index (χ2n) is 4.57. The third-order valence-electron chi connectivity index (χ3n) is 2.10. The molecule has 2 N–H and O–H groups in total. The normalized spacial score (nSPS) is 11.0. The number of anilines is 1. The maximum Gasteiger partial charge on any atom is 0.176 e. The second kappa shape index (κ2) is 4.57. The van der Waals surface area contributed by atoms with Crippen LogP contribution in [0.15, 0.2) is 0 Å². The number of nitrogens with two attached hydrogens (primary N) is 1. The third kappa shape index (κ3) is 2.64. The molecule has 5 nitrogen and oxygen atoms in total.